The van der Waals surface area contributed by atoms with E-state index in [-0.39, 0.29) is 5.78 Å². The van der Waals surface area contributed by atoms with Gasteiger partial charge in [0, 0.05) is 31.7 Å². The highest BCUT2D eigenvalue weighted by Gasteiger charge is 2.35. The van der Waals surface area contributed by atoms with Crippen molar-refractivity contribution in [1.82, 2.24) is 10.2 Å². The predicted octanol–water partition coefficient (Wildman–Crippen LogP) is 2.43. The molecule has 1 aliphatic carbocycles. The molecule has 0 amide bonds. The minimum atomic E-state index is -0.412. The zero-order chi connectivity index (χ0) is 14.9. The van der Waals surface area contributed by atoms with Crippen LogP contribution in [0.4, 0.5) is 0 Å². The van der Waals surface area contributed by atoms with E-state index in [9.17, 15) is 4.79 Å². The Bertz CT molecular complexity index is 530. The molecule has 21 heavy (non-hydrogen) atoms. The molecule has 0 saturated carbocycles. The molecule has 114 valence electrons. The summed E-state index contributed by atoms with van der Waals surface area (Å²) >= 11 is 0. The first kappa shape index (κ1) is 14.7. The molecule has 1 aromatic carbocycles. The number of rotatable bonds is 3. The highest BCUT2D eigenvalue weighted by atomic mass is 16.1. The lowest BCUT2D eigenvalue weighted by atomic mass is 9.85. The molecule has 0 atom stereocenters. The van der Waals surface area contributed by atoms with Crippen molar-refractivity contribution >= 4 is 5.78 Å². The second-order valence-electron chi connectivity index (χ2n) is 6.82. The van der Waals surface area contributed by atoms with E-state index < -0.39 is 5.54 Å². The normalized spacial score (nSPS) is 20.1. The van der Waals surface area contributed by atoms with Crippen molar-refractivity contribution in [1.29, 1.82) is 0 Å². The average molecular weight is 286 g/mol. The van der Waals surface area contributed by atoms with Crippen molar-refractivity contribution in [3.8, 4) is 0 Å². The van der Waals surface area contributed by atoms with Crippen LogP contribution < -0.4 is 5.32 Å². The molecule has 0 radical (unpaired) electrons. The van der Waals surface area contributed by atoms with Crippen LogP contribution in [0.15, 0.2) is 18.2 Å². The van der Waals surface area contributed by atoms with Gasteiger partial charge in [-0.05, 0) is 56.7 Å². The summed E-state index contributed by atoms with van der Waals surface area (Å²) in [5.41, 5.74) is 3.31. The largest absolute Gasteiger partial charge is 0.314 e. The molecule has 3 nitrogen and oxygen atoms in total. The van der Waals surface area contributed by atoms with Gasteiger partial charge in [0.1, 0.15) is 0 Å². The van der Waals surface area contributed by atoms with E-state index in [4.69, 9.17) is 0 Å². The maximum Gasteiger partial charge on any atom is 0.182 e. The van der Waals surface area contributed by atoms with E-state index in [1.165, 1.54) is 30.4 Å². The third-order valence-corrected chi connectivity index (χ3v) is 5.07. The summed E-state index contributed by atoms with van der Waals surface area (Å²) in [6.45, 7) is 7.98. The number of Topliss-reactive ketones (excluding diaryl/α,β-unsaturated/α-hetero) is 1. The zero-order valence-electron chi connectivity index (χ0n) is 13.2. The van der Waals surface area contributed by atoms with Gasteiger partial charge < -0.3 is 5.32 Å². The van der Waals surface area contributed by atoms with Gasteiger partial charge in [-0.3, -0.25) is 9.69 Å². The molecule has 2 aliphatic rings. The first-order valence-corrected chi connectivity index (χ1v) is 8.21. The Kier molecular flexibility index (Phi) is 4.14. The van der Waals surface area contributed by atoms with Gasteiger partial charge in [0.2, 0.25) is 0 Å². The minimum Gasteiger partial charge on any atom is -0.314 e. The third-order valence-electron chi connectivity index (χ3n) is 5.07. The molecule has 1 heterocycles. The van der Waals surface area contributed by atoms with Gasteiger partial charge in [0.05, 0.1) is 5.54 Å². The summed E-state index contributed by atoms with van der Waals surface area (Å²) in [5.74, 6) is 0.262. The molecule has 1 aliphatic heterocycles. The molecule has 0 aromatic heterocycles. The van der Waals surface area contributed by atoms with E-state index in [0.29, 0.717) is 0 Å². The van der Waals surface area contributed by atoms with Gasteiger partial charge in [0.15, 0.2) is 5.78 Å². The van der Waals surface area contributed by atoms with Crippen molar-refractivity contribution in [2.24, 2.45) is 0 Å². The number of fused-ring (bicyclic) bond motifs is 1. The number of piperazine rings is 1. The first-order valence-electron chi connectivity index (χ1n) is 8.21. The average Bonchev–Trinajstić information content (AvgIpc) is 2.54. The highest BCUT2D eigenvalue weighted by molar-refractivity contribution is 6.02. The van der Waals surface area contributed by atoms with Gasteiger partial charge in [-0.15, -0.1) is 0 Å². The number of benzene rings is 1. The second kappa shape index (κ2) is 5.90. The second-order valence-corrected chi connectivity index (χ2v) is 6.82. The molecule has 3 rings (SSSR count). The number of carbonyl (C=O) groups is 1. The Morgan fingerprint density at radius 2 is 1.76 bits per heavy atom. The van der Waals surface area contributed by atoms with Crippen LogP contribution in [-0.4, -0.2) is 42.4 Å². The van der Waals surface area contributed by atoms with E-state index in [0.717, 1.165) is 38.2 Å². The van der Waals surface area contributed by atoms with Crippen LogP contribution in [0.25, 0.3) is 0 Å². The molecule has 1 aromatic rings. The summed E-state index contributed by atoms with van der Waals surface area (Å²) in [6, 6.07) is 6.37. The molecular weight excluding hydrogens is 260 g/mol. The maximum atomic E-state index is 13.0. The van der Waals surface area contributed by atoms with E-state index in [1.807, 2.05) is 6.07 Å². The fourth-order valence-electron chi connectivity index (χ4n) is 3.60. The number of nitrogens with one attached hydrogen (secondary N) is 1. The molecule has 0 spiro atoms. The van der Waals surface area contributed by atoms with Gasteiger partial charge in [-0.1, -0.05) is 12.1 Å². The molecule has 1 N–H and O–H groups in total. The third kappa shape index (κ3) is 2.90. The zero-order valence-corrected chi connectivity index (χ0v) is 13.2. The molecule has 3 heteroatoms. The van der Waals surface area contributed by atoms with Crippen molar-refractivity contribution in [3.63, 3.8) is 0 Å². The smallest absolute Gasteiger partial charge is 0.182 e. The summed E-state index contributed by atoms with van der Waals surface area (Å²) in [5, 5.41) is 3.35. The Labute approximate surface area is 127 Å². The van der Waals surface area contributed by atoms with Gasteiger partial charge in [0.25, 0.3) is 0 Å². The lowest BCUT2D eigenvalue weighted by Gasteiger charge is -2.40. The van der Waals surface area contributed by atoms with Crippen LogP contribution in [-0.2, 0) is 12.8 Å². The number of nitrogens with zero attached hydrogens (tertiary/aromatic N) is 1. The van der Waals surface area contributed by atoms with Crippen LogP contribution in [0.1, 0.15) is 48.2 Å². The quantitative estimate of drug-likeness (QED) is 0.866. The van der Waals surface area contributed by atoms with Gasteiger partial charge in [-0.25, -0.2) is 0 Å². The Morgan fingerprint density at radius 1 is 1.10 bits per heavy atom. The summed E-state index contributed by atoms with van der Waals surface area (Å²) < 4.78 is 0. The standard InChI is InChI=1S/C18H26N2O/c1-18(2,20-11-9-19-10-12-20)17(21)16-8-7-14-5-3-4-6-15(14)13-16/h7-8,13,19H,3-6,9-12H2,1-2H3. The topological polar surface area (TPSA) is 32.3 Å². The highest BCUT2D eigenvalue weighted by Crippen LogP contribution is 2.26. The summed E-state index contributed by atoms with van der Waals surface area (Å²) in [6.07, 6.45) is 4.84. The fourth-order valence-corrected chi connectivity index (χ4v) is 3.60. The first-order chi connectivity index (χ1) is 10.1. The van der Waals surface area contributed by atoms with Crippen LogP contribution in [0.5, 0.6) is 0 Å². The van der Waals surface area contributed by atoms with Crippen LogP contribution >= 0.6 is 0 Å². The van der Waals surface area contributed by atoms with Crippen LogP contribution in [0, 0.1) is 0 Å². The monoisotopic (exact) mass is 286 g/mol. The fraction of sp³-hybridized carbons (Fsp3) is 0.611. The van der Waals surface area contributed by atoms with Crippen molar-refractivity contribution in [3.05, 3.63) is 34.9 Å². The number of hydrogen-bond donors (Lipinski definition) is 1. The Morgan fingerprint density at radius 3 is 2.48 bits per heavy atom. The number of aryl methyl sites for hydroxylation is 2. The van der Waals surface area contributed by atoms with E-state index >= 15 is 0 Å². The van der Waals surface area contributed by atoms with E-state index in [2.05, 4.69) is 36.2 Å². The summed E-state index contributed by atoms with van der Waals surface area (Å²) in [4.78, 5) is 15.3. The maximum absolute atomic E-state index is 13.0. The Hall–Kier alpha value is -1.19. The Balaban J connectivity index is 1.83. The van der Waals surface area contributed by atoms with Gasteiger partial charge >= 0.3 is 0 Å². The number of ketones is 1. The molecule has 1 saturated heterocycles. The van der Waals surface area contributed by atoms with Gasteiger partial charge in [-0.2, -0.15) is 0 Å². The SMILES string of the molecule is CC(C)(C(=O)c1ccc2c(c1)CCCC2)N1CCNCC1. The molecular formula is C18H26N2O. The molecule has 1 fully saturated rings. The number of hydrogen-bond acceptors (Lipinski definition) is 3. The minimum absolute atomic E-state index is 0.262. The summed E-state index contributed by atoms with van der Waals surface area (Å²) in [7, 11) is 0. The van der Waals surface area contributed by atoms with Crippen LogP contribution in [0.3, 0.4) is 0 Å². The predicted molar refractivity (Wildman–Crippen MR) is 85.9 cm³/mol. The number of carbonyl (C=O) groups excluding carboxylic acids is 1. The lowest BCUT2D eigenvalue weighted by molar-refractivity contribution is 0.0602. The molecule has 0 bridgehead atoms. The molecule has 0 unspecified atom stereocenters. The van der Waals surface area contributed by atoms with E-state index in [1.54, 1.807) is 0 Å². The van der Waals surface area contributed by atoms with Crippen molar-refractivity contribution in [2.45, 2.75) is 45.1 Å². The van der Waals surface area contributed by atoms with Crippen molar-refractivity contribution < 1.29 is 4.79 Å². The van der Waals surface area contributed by atoms with Crippen molar-refractivity contribution in [2.75, 3.05) is 26.2 Å². The lowest BCUT2D eigenvalue weighted by Crippen LogP contribution is -2.57. The van der Waals surface area contributed by atoms with Crippen LogP contribution in [0.2, 0.25) is 0 Å².